The van der Waals surface area contributed by atoms with Gasteiger partial charge in [0, 0.05) is 39.3 Å². The maximum absolute atomic E-state index is 11.9. The Morgan fingerprint density at radius 1 is 1.42 bits per heavy atom. The molecule has 0 radical (unpaired) electrons. The predicted molar refractivity (Wildman–Crippen MR) is 88.9 cm³/mol. The Bertz CT molecular complexity index is 689. The van der Waals surface area contributed by atoms with Gasteiger partial charge in [-0.05, 0) is 19.1 Å². The molecule has 24 heavy (non-hydrogen) atoms. The van der Waals surface area contributed by atoms with Crippen LogP contribution in [0.25, 0.3) is 5.65 Å². The molecule has 0 unspecified atom stereocenters. The molecule has 3 heterocycles. The van der Waals surface area contributed by atoms with Gasteiger partial charge in [0.25, 0.3) is 0 Å². The molecule has 0 saturated carbocycles. The van der Waals surface area contributed by atoms with Gasteiger partial charge in [0.05, 0.1) is 13.2 Å². The van der Waals surface area contributed by atoms with Gasteiger partial charge in [-0.25, -0.2) is 0 Å². The van der Waals surface area contributed by atoms with E-state index in [4.69, 9.17) is 4.74 Å². The van der Waals surface area contributed by atoms with Gasteiger partial charge in [-0.1, -0.05) is 0 Å². The summed E-state index contributed by atoms with van der Waals surface area (Å²) in [5.41, 5.74) is 0.734. The van der Waals surface area contributed by atoms with Crippen molar-refractivity contribution in [2.75, 3.05) is 51.3 Å². The van der Waals surface area contributed by atoms with Crippen LogP contribution in [0.15, 0.2) is 18.5 Å². The minimum Gasteiger partial charge on any atom is -0.383 e. The van der Waals surface area contributed by atoms with E-state index in [-0.39, 0.29) is 11.9 Å². The van der Waals surface area contributed by atoms with E-state index in [0.29, 0.717) is 19.7 Å². The van der Waals surface area contributed by atoms with Crippen LogP contribution in [0.2, 0.25) is 0 Å². The lowest BCUT2D eigenvalue weighted by Crippen LogP contribution is -2.54. The van der Waals surface area contributed by atoms with Crippen LogP contribution in [-0.2, 0) is 9.53 Å². The highest BCUT2D eigenvalue weighted by Crippen LogP contribution is 2.18. The molecule has 1 fully saturated rings. The molecular formula is C15H23N7O2. The van der Waals surface area contributed by atoms with Crippen LogP contribution < -0.4 is 10.2 Å². The van der Waals surface area contributed by atoms with E-state index in [9.17, 15) is 4.79 Å². The number of fused-ring (bicyclic) bond motifs is 1. The minimum atomic E-state index is 0.0386. The van der Waals surface area contributed by atoms with E-state index >= 15 is 0 Å². The summed E-state index contributed by atoms with van der Waals surface area (Å²) < 4.78 is 6.61. The standard InChI is InChI=1S/C15H23N7O2/c1-12-9-20(10-15(23)16-5-8-24-2)6-7-21(12)14-4-3-13-18-17-11-22(13)19-14/h3-4,11-12H,5-10H2,1-2H3,(H,16,23)/t12-/m1/s1. The van der Waals surface area contributed by atoms with Crippen molar-refractivity contribution in [3.05, 3.63) is 18.5 Å². The lowest BCUT2D eigenvalue weighted by Gasteiger charge is -2.40. The number of hydrogen-bond acceptors (Lipinski definition) is 7. The molecule has 1 amide bonds. The van der Waals surface area contributed by atoms with Crippen LogP contribution in [-0.4, -0.2) is 83.1 Å². The Morgan fingerprint density at radius 2 is 2.29 bits per heavy atom. The molecule has 0 spiro atoms. The molecule has 1 aliphatic heterocycles. The monoisotopic (exact) mass is 333 g/mol. The molecule has 1 atom stereocenters. The molecule has 2 aromatic heterocycles. The summed E-state index contributed by atoms with van der Waals surface area (Å²) >= 11 is 0. The third-order valence-electron chi connectivity index (χ3n) is 4.15. The van der Waals surface area contributed by atoms with Crippen LogP contribution in [0.1, 0.15) is 6.92 Å². The second kappa shape index (κ2) is 7.54. The van der Waals surface area contributed by atoms with Gasteiger partial charge in [-0.3, -0.25) is 9.69 Å². The highest BCUT2D eigenvalue weighted by atomic mass is 16.5. The summed E-state index contributed by atoms with van der Waals surface area (Å²) in [6, 6.07) is 4.15. The van der Waals surface area contributed by atoms with Crippen LogP contribution in [0.3, 0.4) is 0 Å². The molecule has 0 bridgehead atoms. The normalized spacial score (nSPS) is 18.9. The van der Waals surface area contributed by atoms with Crippen LogP contribution in [0.4, 0.5) is 5.82 Å². The zero-order valence-corrected chi connectivity index (χ0v) is 14.1. The van der Waals surface area contributed by atoms with Crippen molar-refractivity contribution in [1.29, 1.82) is 0 Å². The summed E-state index contributed by atoms with van der Waals surface area (Å²) in [6.45, 7) is 6.12. The Morgan fingerprint density at radius 3 is 3.08 bits per heavy atom. The molecule has 9 nitrogen and oxygen atoms in total. The Balaban J connectivity index is 1.55. The summed E-state index contributed by atoms with van der Waals surface area (Å²) in [7, 11) is 1.62. The number of carbonyl (C=O) groups excluding carboxylic acids is 1. The van der Waals surface area contributed by atoms with Crippen molar-refractivity contribution in [3.63, 3.8) is 0 Å². The number of ether oxygens (including phenoxy) is 1. The highest BCUT2D eigenvalue weighted by Gasteiger charge is 2.26. The predicted octanol–water partition coefficient (Wildman–Crippen LogP) is -0.603. The summed E-state index contributed by atoms with van der Waals surface area (Å²) in [5.74, 6) is 0.940. The van der Waals surface area contributed by atoms with E-state index in [1.807, 2.05) is 12.1 Å². The minimum absolute atomic E-state index is 0.0386. The van der Waals surface area contributed by atoms with Crippen LogP contribution in [0, 0.1) is 0 Å². The fourth-order valence-corrected chi connectivity index (χ4v) is 2.94. The molecule has 2 aromatic rings. The van der Waals surface area contributed by atoms with Crippen molar-refractivity contribution in [3.8, 4) is 0 Å². The molecule has 0 aromatic carbocycles. The largest absolute Gasteiger partial charge is 0.383 e. The van der Waals surface area contributed by atoms with Gasteiger partial charge in [0.2, 0.25) is 5.91 Å². The van der Waals surface area contributed by atoms with Crippen molar-refractivity contribution in [1.82, 2.24) is 30.0 Å². The van der Waals surface area contributed by atoms with Gasteiger partial charge in [-0.2, -0.15) is 4.52 Å². The van der Waals surface area contributed by atoms with Crippen LogP contribution >= 0.6 is 0 Å². The Hall–Kier alpha value is -2.26. The molecule has 3 rings (SSSR count). The number of piperazine rings is 1. The Kier molecular flexibility index (Phi) is 5.21. The van der Waals surface area contributed by atoms with Gasteiger partial charge in [0.1, 0.15) is 12.1 Å². The number of carbonyl (C=O) groups is 1. The highest BCUT2D eigenvalue weighted by molar-refractivity contribution is 5.78. The van der Waals surface area contributed by atoms with E-state index < -0.39 is 0 Å². The maximum Gasteiger partial charge on any atom is 0.234 e. The molecular weight excluding hydrogens is 310 g/mol. The van der Waals surface area contributed by atoms with Crippen molar-refractivity contribution in [2.24, 2.45) is 0 Å². The SMILES string of the molecule is COCCNC(=O)CN1CCN(c2ccc3nncn3n2)[C@H](C)C1. The first-order valence-electron chi connectivity index (χ1n) is 8.09. The summed E-state index contributed by atoms with van der Waals surface area (Å²) in [4.78, 5) is 16.3. The van der Waals surface area contributed by atoms with E-state index in [1.54, 1.807) is 18.0 Å². The summed E-state index contributed by atoms with van der Waals surface area (Å²) in [5, 5.41) is 15.2. The van der Waals surface area contributed by atoms with Crippen molar-refractivity contribution < 1.29 is 9.53 Å². The van der Waals surface area contributed by atoms with Gasteiger partial charge >= 0.3 is 0 Å². The number of amides is 1. The fraction of sp³-hybridized carbons (Fsp3) is 0.600. The molecule has 1 aliphatic rings. The number of hydrogen-bond donors (Lipinski definition) is 1. The maximum atomic E-state index is 11.9. The third kappa shape index (κ3) is 3.80. The quantitative estimate of drug-likeness (QED) is 0.706. The molecule has 0 aliphatic carbocycles. The smallest absolute Gasteiger partial charge is 0.234 e. The van der Waals surface area contributed by atoms with E-state index in [0.717, 1.165) is 31.1 Å². The number of nitrogens with one attached hydrogen (secondary N) is 1. The average Bonchev–Trinajstić information content (AvgIpc) is 3.03. The lowest BCUT2D eigenvalue weighted by molar-refractivity contribution is -0.122. The first-order chi connectivity index (χ1) is 11.7. The van der Waals surface area contributed by atoms with E-state index in [1.165, 1.54) is 0 Å². The van der Waals surface area contributed by atoms with Gasteiger partial charge in [0.15, 0.2) is 5.65 Å². The number of nitrogens with zero attached hydrogens (tertiary/aromatic N) is 6. The summed E-state index contributed by atoms with van der Waals surface area (Å²) in [6.07, 6.45) is 1.60. The van der Waals surface area contributed by atoms with Crippen LogP contribution in [0.5, 0.6) is 0 Å². The second-order valence-corrected chi connectivity index (χ2v) is 5.95. The second-order valence-electron chi connectivity index (χ2n) is 5.95. The number of anilines is 1. The van der Waals surface area contributed by atoms with Gasteiger partial charge < -0.3 is 15.0 Å². The number of aromatic nitrogens is 4. The molecule has 9 heteroatoms. The first-order valence-corrected chi connectivity index (χ1v) is 8.09. The zero-order chi connectivity index (χ0) is 16.9. The van der Waals surface area contributed by atoms with E-state index in [2.05, 4.69) is 37.3 Å². The Labute approximate surface area is 140 Å². The number of rotatable bonds is 6. The zero-order valence-electron chi connectivity index (χ0n) is 14.1. The third-order valence-corrected chi connectivity index (χ3v) is 4.15. The average molecular weight is 333 g/mol. The fourth-order valence-electron chi connectivity index (χ4n) is 2.94. The molecule has 1 saturated heterocycles. The number of methoxy groups -OCH3 is 1. The van der Waals surface area contributed by atoms with Gasteiger partial charge in [-0.15, -0.1) is 15.3 Å². The molecule has 130 valence electrons. The molecule has 1 N–H and O–H groups in total. The topological polar surface area (TPSA) is 87.9 Å². The first kappa shape index (κ1) is 16.6. The van der Waals surface area contributed by atoms with Crippen molar-refractivity contribution in [2.45, 2.75) is 13.0 Å². The van der Waals surface area contributed by atoms with Crippen molar-refractivity contribution >= 4 is 17.4 Å². The lowest BCUT2D eigenvalue weighted by atomic mass is 10.2.